The van der Waals surface area contributed by atoms with E-state index in [-0.39, 0.29) is 11.7 Å². The maximum absolute atomic E-state index is 11.7. The van der Waals surface area contributed by atoms with Crippen molar-refractivity contribution >= 4 is 28.5 Å². The monoisotopic (exact) mass is 290 g/mol. The third kappa shape index (κ3) is 2.90. The summed E-state index contributed by atoms with van der Waals surface area (Å²) < 4.78 is 4.82. The lowest BCUT2D eigenvalue weighted by Crippen LogP contribution is -2.28. The Hall–Kier alpha value is -1.68. The molecular weight excluding hydrogens is 272 g/mol. The molecule has 0 unspecified atom stereocenters. The van der Waals surface area contributed by atoms with E-state index in [0.717, 1.165) is 15.7 Å². The molecule has 0 bridgehead atoms. The van der Waals surface area contributed by atoms with E-state index in [2.05, 4.69) is 0 Å². The Morgan fingerprint density at radius 2 is 1.85 bits per heavy atom. The van der Waals surface area contributed by atoms with Crippen LogP contribution in [0.1, 0.15) is 13.8 Å². The molecule has 2 rings (SSSR count). The Morgan fingerprint density at radius 1 is 1.20 bits per heavy atom. The minimum Gasteiger partial charge on any atom is -0.507 e. The Balaban J connectivity index is 2.27. The third-order valence-electron chi connectivity index (χ3n) is 3.19. The SMILES string of the molecule is COC(=O)C(C)(C)CSc1ccc(O)c2ccccc12. The summed E-state index contributed by atoms with van der Waals surface area (Å²) >= 11 is 1.60. The zero-order valence-electron chi connectivity index (χ0n) is 11.8. The second-order valence-electron chi connectivity index (χ2n) is 5.29. The van der Waals surface area contributed by atoms with Crippen LogP contribution < -0.4 is 0 Å². The van der Waals surface area contributed by atoms with Crippen LogP contribution in [0.25, 0.3) is 10.8 Å². The molecule has 106 valence electrons. The molecule has 0 aromatic heterocycles. The minimum absolute atomic E-state index is 0.215. The van der Waals surface area contributed by atoms with Gasteiger partial charge < -0.3 is 9.84 Å². The van der Waals surface area contributed by atoms with Crippen LogP contribution in [0.4, 0.5) is 0 Å². The highest BCUT2D eigenvalue weighted by molar-refractivity contribution is 7.99. The van der Waals surface area contributed by atoms with Crippen LogP contribution in [0.15, 0.2) is 41.3 Å². The summed E-state index contributed by atoms with van der Waals surface area (Å²) in [4.78, 5) is 12.7. The number of rotatable bonds is 4. The number of esters is 1. The molecule has 0 spiro atoms. The quantitative estimate of drug-likeness (QED) is 0.686. The summed E-state index contributed by atoms with van der Waals surface area (Å²) in [5.41, 5.74) is -0.543. The van der Waals surface area contributed by atoms with E-state index in [9.17, 15) is 9.90 Å². The number of benzene rings is 2. The fourth-order valence-electron chi connectivity index (χ4n) is 1.97. The van der Waals surface area contributed by atoms with E-state index in [1.165, 1.54) is 7.11 Å². The lowest BCUT2D eigenvalue weighted by Gasteiger charge is -2.21. The molecule has 0 saturated heterocycles. The van der Waals surface area contributed by atoms with Gasteiger partial charge in [0, 0.05) is 16.0 Å². The van der Waals surface area contributed by atoms with Crippen LogP contribution in [0, 0.1) is 5.41 Å². The van der Waals surface area contributed by atoms with Gasteiger partial charge in [-0.1, -0.05) is 24.3 Å². The molecule has 0 heterocycles. The zero-order chi connectivity index (χ0) is 14.8. The normalized spacial score (nSPS) is 11.6. The van der Waals surface area contributed by atoms with Crippen molar-refractivity contribution in [2.24, 2.45) is 5.41 Å². The summed E-state index contributed by atoms with van der Waals surface area (Å²) in [5.74, 6) is 0.680. The summed E-state index contributed by atoms with van der Waals surface area (Å²) in [7, 11) is 1.41. The van der Waals surface area contributed by atoms with Gasteiger partial charge in [0.1, 0.15) is 5.75 Å². The Labute approximate surface area is 122 Å². The molecule has 2 aromatic rings. The minimum atomic E-state index is -0.543. The first-order valence-corrected chi connectivity index (χ1v) is 7.36. The largest absolute Gasteiger partial charge is 0.507 e. The first-order valence-electron chi connectivity index (χ1n) is 6.37. The zero-order valence-corrected chi connectivity index (χ0v) is 12.7. The van der Waals surface area contributed by atoms with E-state index in [1.54, 1.807) is 17.8 Å². The molecule has 3 nitrogen and oxygen atoms in total. The summed E-state index contributed by atoms with van der Waals surface area (Å²) in [6, 6.07) is 11.3. The highest BCUT2D eigenvalue weighted by Gasteiger charge is 2.28. The average molecular weight is 290 g/mol. The smallest absolute Gasteiger partial charge is 0.312 e. The maximum atomic E-state index is 11.7. The number of ether oxygens (including phenoxy) is 1. The van der Waals surface area contributed by atoms with Crippen LogP contribution in [0.3, 0.4) is 0 Å². The number of hydrogen-bond donors (Lipinski definition) is 1. The highest BCUT2D eigenvalue weighted by Crippen LogP contribution is 2.36. The van der Waals surface area contributed by atoms with Crippen molar-refractivity contribution in [1.82, 2.24) is 0 Å². The molecule has 0 radical (unpaired) electrons. The summed E-state index contributed by atoms with van der Waals surface area (Å²) in [6.45, 7) is 3.74. The van der Waals surface area contributed by atoms with Gasteiger partial charge in [-0.05, 0) is 31.4 Å². The lowest BCUT2D eigenvalue weighted by molar-refractivity contribution is -0.149. The molecule has 0 fully saturated rings. The van der Waals surface area contributed by atoms with Crippen LogP contribution in [0.2, 0.25) is 0 Å². The molecule has 0 atom stereocenters. The molecular formula is C16H18O3S. The Morgan fingerprint density at radius 3 is 2.50 bits per heavy atom. The van der Waals surface area contributed by atoms with Gasteiger partial charge in [0.2, 0.25) is 0 Å². The third-order valence-corrected chi connectivity index (χ3v) is 4.72. The standard InChI is InChI=1S/C16H18O3S/c1-16(2,15(18)19-3)10-20-14-9-8-13(17)11-6-4-5-7-12(11)14/h4-9,17H,10H2,1-3H3. The molecule has 0 amide bonds. The number of fused-ring (bicyclic) bond motifs is 1. The molecule has 0 saturated carbocycles. The second-order valence-corrected chi connectivity index (χ2v) is 6.31. The van der Waals surface area contributed by atoms with Gasteiger partial charge in [-0.3, -0.25) is 4.79 Å². The van der Waals surface area contributed by atoms with E-state index in [1.807, 2.05) is 44.2 Å². The van der Waals surface area contributed by atoms with E-state index in [4.69, 9.17) is 4.74 Å². The average Bonchev–Trinajstić information content (AvgIpc) is 2.46. The molecule has 4 heteroatoms. The fraction of sp³-hybridized carbons (Fsp3) is 0.312. The van der Waals surface area contributed by atoms with Crippen molar-refractivity contribution in [3.05, 3.63) is 36.4 Å². The number of carbonyl (C=O) groups excluding carboxylic acids is 1. The fourth-order valence-corrected chi connectivity index (χ4v) is 3.11. The van der Waals surface area contributed by atoms with E-state index < -0.39 is 5.41 Å². The molecule has 2 aromatic carbocycles. The summed E-state index contributed by atoms with van der Waals surface area (Å²) in [5, 5.41) is 11.7. The van der Waals surface area contributed by atoms with Gasteiger partial charge in [0.15, 0.2) is 0 Å². The second kappa shape index (κ2) is 5.75. The van der Waals surface area contributed by atoms with E-state index in [0.29, 0.717) is 5.75 Å². The van der Waals surface area contributed by atoms with Crippen molar-refractivity contribution in [3.8, 4) is 5.75 Å². The molecule has 20 heavy (non-hydrogen) atoms. The van der Waals surface area contributed by atoms with Gasteiger partial charge in [-0.2, -0.15) is 0 Å². The van der Waals surface area contributed by atoms with Crippen molar-refractivity contribution < 1.29 is 14.6 Å². The predicted octanol–water partition coefficient (Wildman–Crippen LogP) is 3.84. The van der Waals surface area contributed by atoms with Gasteiger partial charge in [0.25, 0.3) is 0 Å². The van der Waals surface area contributed by atoms with Crippen molar-refractivity contribution in [1.29, 1.82) is 0 Å². The van der Waals surface area contributed by atoms with Crippen molar-refractivity contribution in [2.45, 2.75) is 18.7 Å². The van der Waals surface area contributed by atoms with Gasteiger partial charge >= 0.3 is 5.97 Å². The van der Waals surface area contributed by atoms with Crippen LogP contribution in [-0.4, -0.2) is 23.9 Å². The molecule has 0 aliphatic heterocycles. The predicted molar refractivity (Wildman–Crippen MR) is 82.1 cm³/mol. The molecule has 1 N–H and O–H groups in total. The van der Waals surface area contributed by atoms with Crippen LogP contribution in [0.5, 0.6) is 5.75 Å². The number of phenolic OH excluding ortho intramolecular Hbond substituents is 1. The first-order chi connectivity index (χ1) is 9.45. The molecule has 0 aliphatic rings. The number of methoxy groups -OCH3 is 1. The van der Waals surface area contributed by atoms with E-state index >= 15 is 0 Å². The highest BCUT2D eigenvalue weighted by atomic mass is 32.2. The van der Waals surface area contributed by atoms with Crippen LogP contribution >= 0.6 is 11.8 Å². The van der Waals surface area contributed by atoms with Crippen molar-refractivity contribution in [2.75, 3.05) is 12.9 Å². The number of hydrogen-bond acceptors (Lipinski definition) is 4. The maximum Gasteiger partial charge on any atom is 0.312 e. The summed E-state index contributed by atoms with van der Waals surface area (Å²) in [6.07, 6.45) is 0. The van der Waals surface area contributed by atoms with Gasteiger partial charge in [-0.25, -0.2) is 0 Å². The first kappa shape index (κ1) is 14.7. The molecule has 0 aliphatic carbocycles. The Kier molecular flexibility index (Phi) is 4.23. The number of carbonyl (C=O) groups is 1. The van der Waals surface area contributed by atoms with Crippen LogP contribution in [-0.2, 0) is 9.53 Å². The van der Waals surface area contributed by atoms with Gasteiger partial charge in [0.05, 0.1) is 12.5 Å². The number of phenols is 1. The number of aromatic hydroxyl groups is 1. The van der Waals surface area contributed by atoms with Gasteiger partial charge in [-0.15, -0.1) is 11.8 Å². The Bertz CT molecular complexity index is 635. The topological polar surface area (TPSA) is 46.5 Å². The number of thioether (sulfide) groups is 1. The lowest BCUT2D eigenvalue weighted by atomic mass is 9.97. The van der Waals surface area contributed by atoms with Crippen molar-refractivity contribution in [3.63, 3.8) is 0 Å².